The van der Waals surface area contributed by atoms with Crippen molar-refractivity contribution in [2.45, 2.75) is 0 Å². The third kappa shape index (κ3) is 2.38. The molecule has 1 rings (SSSR count). The van der Waals surface area contributed by atoms with Crippen LogP contribution < -0.4 is 0 Å². The molecule has 9 heavy (non-hydrogen) atoms. The zero-order valence-corrected chi connectivity index (χ0v) is 7.19. The Kier molecular flexibility index (Phi) is 3.10. The molecule has 0 radical (unpaired) electrons. The molecule has 0 nitrogen and oxygen atoms in total. The molecule has 0 aliphatic carbocycles. The second kappa shape index (κ2) is 3.92. The average Bonchev–Trinajstić information content (AvgIpc) is 1.91. The molecule has 1 aromatic rings. The van der Waals surface area contributed by atoms with E-state index in [1.54, 1.807) is 0 Å². The molecule has 0 unspecified atom stereocenters. The number of benzene rings is 1. The van der Waals surface area contributed by atoms with E-state index in [4.69, 9.17) is 9.69 Å². The molecule has 0 saturated carbocycles. The van der Waals surface area contributed by atoms with Gasteiger partial charge < -0.3 is 0 Å². The molecule has 0 bridgehead atoms. The van der Waals surface area contributed by atoms with Crippen LogP contribution in [0.3, 0.4) is 0 Å². The topological polar surface area (TPSA) is 0 Å². The summed E-state index contributed by atoms with van der Waals surface area (Å²) in [5.41, 5.74) is 1.23. The molecule has 0 N–H and O–H groups in total. The fraction of sp³-hybridized carbons (Fsp3) is 0. The predicted molar refractivity (Wildman–Crippen MR) is 37.5 cm³/mol. The van der Waals surface area contributed by atoms with Crippen LogP contribution >= 0.6 is 9.69 Å². The maximum absolute atomic E-state index is 5.57. The van der Waals surface area contributed by atoms with E-state index >= 15 is 0 Å². The van der Waals surface area contributed by atoms with E-state index < -0.39 is 0 Å². The van der Waals surface area contributed by atoms with Crippen molar-refractivity contribution in [3.63, 3.8) is 0 Å². The third-order valence-corrected chi connectivity index (χ3v) is 2.18. The molecule has 49 valence electrons. The van der Waals surface area contributed by atoms with Gasteiger partial charge >= 0.3 is 65.9 Å². The van der Waals surface area contributed by atoms with Gasteiger partial charge in [-0.25, -0.2) is 0 Å². The first kappa shape index (κ1) is 7.11. The first-order chi connectivity index (χ1) is 4.43. The Morgan fingerprint density at radius 3 is 2.44 bits per heavy atom. The van der Waals surface area contributed by atoms with Crippen LogP contribution in [0.4, 0.5) is 0 Å². The molecule has 1 aromatic carbocycles. The van der Waals surface area contributed by atoms with Crippen molar-refractivity contribution in [1.29, 1.82) is 0 Å². The van der Waals surface area contributed by atoms with Gasteiger partial charge in [0.1, 0.15) is 0 Å². The van der Waals surface area contributed by atoms with Crippen molar-refractivity contribution < 1.29 is 15.7 Å². The van der Waals surface area contributed by atoms with E-state index in [0.717, 1.165) is 0 Å². The first-order valence-electron chi connectivity index (χ1n) is 2.54. The summed E-state index contributed by atoms with van der Waals surface area (Å²) < 4.78 is 2.06. The third-order valence-electron chi connectivity index (χ3n) is 0.956. The van der Waals surface area contributed by atoms with Crippen molar-refractivity contribution in [2.24, 2.45) is 0 Å². The minimum atomic E-state index is -0.0765. The Morgan fingerprint density at radius 2 is 1.89 bits per heavy atom. The van der Waals surface area contributed by atoms with Gasteiger partial charge in [0, 0.05) is 0 Å². The fourth-order valence-electron chi connectivity index (χ4n) is 0.566. The van der Waals surface area contributed by atoms with Gasteiger partial charge in [0.05, 0.1) is 0 Å². The molecule has 2 heteroatoms. The van der Waals surface area contributed by atoms with Crippen LogP contribution in [0.5, 0.6) is 0 Å². The Balaban J connectivity index is 2.85. The molecule has 0 amide bonds. The van der Waals surface area contributed by atoms with Crippen LogP contribution in [0, 0.1) is 0 Å². The van der Waals surface area contributed by atoms with E-state index in [2.05, 4.69) is 16.7 Å². The first-order valence-corrected chi connectivity index (χ1v) is 5.78. The van der Waals surface area contributed by atoms with E-state index in [9.17, 15) is 0 Å². The molecule has 0 atom stereocenters. The zero-order valence-electron chi connectivity index (χ0n) is 4.70. The predicted octanol–water partition coefficient (Wildman–Crippen LogP) is 2.07. The van der Waals surface area contributed by atoms with Crippen molar-refractivity contribution in [1.82, 2.24) is 0 Å². The van der Waals surface area contributed by atoms with Crippen molar-refractivity contribution >= 4 is 14.3 Å². The SMILES string of the molecule is [Cl][Ru]=[CH]c1ccccc1. The fourth-order valence-corrected chi connectivity index (χ4v) is 1.65. The second-order valence-corrected chi connectivity index (χ2v) is 3.38. The van der Waals surface area contributed by atoms with E-state index in [0.29, 0.717) is 0 Å². The van der Waals surface area contributed by atoms with Crippen molar-refractivity contribution in [3.8, 4) is 0 Å². The van der Waals surface area contributed by atoms with Crippen molar-refractivity contribution in [3.05, 3.63) is 35.9 Å². The van der Waals surface area contributed by atoms with Crippen LogP contribution in [0.15, 0.2) is 30.3 Å². The second-order valence-electron chi connectivity index (χ2n) is 1.59. The van der Waals surface area contributed by atoms with Crippen LogP contribution in [-0.2, 0) is 15.7 Å². The Bertz CT molecular complexity index is 193. The molecular formula is C7H6ClRu. The summed E-state index contributed by atoms with van der Waals surface area (Å²) in [6, 6.07) is 10.1. The molecule has 0 spiro atoms. The van der Waals surface area contributed by atoms with Gasteiger partial charge in [-0.1, -0.05) is 0 Å². The standard InChI is InChI=1S/C7H6.ClH.Ru/c1-7-5-3-2-4-6-7;;/h1-6H;1H;/q;;+1/p-1. The maximum atomic E-state index is 5.57. The van der Waals surface area contributed by atoms with Crippen LogP contribution in [0.1, 0.15) is 5.56 Å². The van der Waals surface area contributed by atoms with Gasteiger partial charge in [-0.2, -0.15) is 0 Å². The van der Waals surface area contributed by atoms with Crippen LogP contribution in [0.25, 0.3) is 0 Å². The molecule has 0 aliphatic rings. The normalized spacial score (nSPS) is 11.2. The van der Waals surface area contributed by atoms with Gasteiger partial charge in [-0.05, 0) is 0 Å². The summed E-state index contributed by atoms with van der Waals surface area (Å²) in [5, 5.41) is 0. The monoisotopic (exact) mass is 227 g/mol. The van der Waals surface area contributed by atoms with E-state index in [1.807, 2.05) is 18.2 Å². The van der Waals surface area contributed by atoms with Gasteiger partial charge in [0.25, 0.3) is 0 Å². The zero-order chi connectivity index (χ0) is 6.53. The summed E-state index contributed by atoms with van der Waals surface area (Å²) in [4.78, 5) is 0. The molecule has 0 heterocycles. The minimum absolute atomic E-state index is 0.0765. The number of rotatable bonds is 1. The van der Waals surface area contributed by atoms with E-state index in [1.165, 1.54) is 5.56 Å². The van der Waals surface area contributed by atoms with Crippen LogP contribution in [0.2, 0.25) is 0 Å². The summed E-state index contributed by atoms with van der Waals surface area (Å²) in [5.74, 6) is 0. The summed E-state index contributed by atoms with van der Waals surface area (Å²) in [6.45, 7) is 0. The Morgan fingerprint density at radius 1 is 1.22 bits per heavy atom. The Labute approximate surface area is 66.0 Å². The van der Waals surface area contributed by atoms with Gasteiger partial charge in [-0.15, -0.1) is 0 Å². The summed E-state index contributed by atoms with van der Waals surface area (Å²) in [7, 11) is 5.57. The van der Waals surface area contributed by atoms with Gasteiger partial charge in [0.2, 0.25) is 0 Å². The number of hydrogen-bond acceptors (Lipinski definition) is 0. The number of halogens is 1. The summed E-state index contributed by atoms with van der Waals surface area (Å²) >= 11 is -0.0765. The number of hydrogen-bond donors (Lipinski definition) is 0. The van der Waals surface area contributed by atoms with Crippen LogP contribution in [-0.4, -0.2) is 4.61 Å². The van der Waals surface area contributed by atoms with Gasteiger partial charge in [-0.3, -0.25) is 0 Å². The molecular weight excluding hydrogens is 221 g/mol. The van der Waals surface area contributed by atoms with E-state index in [-0.39, 0.29) is 15.7 Å². The molecule has 0 fully saturated rings. The average molecular weight is 227 g/mol. The summed E-state index contributed by atoms with van der Waals surface area (Å²) in [6.07, 6.45) is 0. The van der Waals surface area contributed by atoms with Gasteiger partial charge in [0.15, 0.2) is 0 Å². The molecule has 0 aromatic heterocycles. The Hall–Kier alpha value is 0.00338. The molecule has 0 aliphatic heterocycles. The molecule has 0 saturated heterocycles. The quantitative estimate of drug-likeness (QED) is 0.644. The van der Waals surface area contributed by atoms with Crippen molar-refractivity contribution in [2.75, 3.05) is 0 Å².